The maximum atomic E-state index is 11.6. The smallest absolute Gasteiger partial charge is 0.320 e. The fraction of sp³-hybridized carbons (Fsp3) is 0.500. The molecule has 0 spiro atoms. The molecule has 1 heterocycles. The van der Waals surface area contributed by atoms with Gasteiger partial charge in [-0.1, -0.05) is 6.07 Å². The third-order valence-electron chi connectivity index (χ3n) is 2.57. The summed E-state index contributed by atoms with van der Waals surface area (Å²) in [4.78, 5) is 28.6. The van der Waals surface area contributed by atoms with Crippen molar-refractivity contribution in [2.24, 2.45) is 0 Å². The molecule has 1 aromatic rings. The summed E-state index contributed by atoms with van der Waals surface area (Å²) in [6.45, 7) is 5.38. The average Bonchev–Trinajstić information content (AvgIpc) is 2.39. The Morgan fingerprint density at radius 3 is 2.80 bits per heavy atom. The van der Waals surface area contributed by atoms with E-state index in [4.69, 9.17) is 4.74 Å². The minimum atomic E-state index is -0.272. The zero-order valence-corrected chi connectivity index (χ0v) is 12.0. The van der Waals surface area contributed by atoms with Crippen molar-refractivity contribution in [1.82, 2.24) is 15.2 Å². The molecule has 0 unspecified atom stereocenters. The van der Waals surface area contributed by atoms with Gasteiger partial charge in [0.25, 0.3) is 0 Å². The van der Waals surface area contributed by atoms with Crippen molar-refractivity contribution in [2.45, 2.75) is 20.4 Å². The molecular weight excluding hydrogens is 258 g/mol. The fourth-order valence-electron chi connectivity index (χ4n) is 1.71. The number of esters is 1. The van der Waals surface area contributed by atoms with Gasteiger partial charge in [0.2, 0.25) is 5.91 Å². The van der Waals surface area contributed by atoms with E-state index in [0.717, 1.165) is 5.69 Å². The van der Waals surface area contributed by atoms with Gasteiger partial charge in [-0.25, -0.2) is 0 Å². The van der Waals surface area contributed by atoms with Gasteiger partial charge < -0.3 is 10.1 Å². The number of pyridine rings is 1. The van der Waals surface area contributed by atoms with Crippen LogP contribution >= 0.6 is 0 Å². The molecule has 6 nitrogen and oxygen atoms in total. The van der Waals surface area contributed by atoms with E-state index in [2.05, 4.69) is 10.3 Å². The van der Waals surface area contributed by atoms with Gasteiger partial charge in [-0.2, -0.15) is 0 Å². The highest BCUT2D eigenvalue weighted by atomic mass is 16.5. The highest BCUT2D eigenvalue weighted by Crippen LogP contribution is 2.01. The van der Waals surface area contributed by atoms with Gasteiger partial charge in [0.05, 0.1) is 18.8 Å². The second-order valence-corrected chi connectivity index (χ2v) is 4.32. The summed E-state index contributed by atoms with van der Waals surface area (Å²) in [5, 5.41) is 2.71. The van der Waals surface area contributed by atoms with Crippen LogP contribution in [0.2, 0.25) is 0 Å². The third-order valence-corrected chi connectivity index (χ3v) is 2.57. The van der Waals surface area contributed by atoms with E-state index in [1.54, 1.807) is 13.1 Å². The van der Waals surface area contributed by atoms with E-state index in [9.17, 15) is 9.59 Å². The van der Waals surface area contributed by atoms with Crippen LogP contribution in [0.1, 0.15) is 19.5 Å². The number of ether oxygens (including phenoxy) is 1. The van der Waals surface area contributed by atoms with E-state index in [1.165, 1.54) is 6.92 Å². The zero-order chi connectivity index (χ0) is 14.8. The molecule has 0 saturated heterocycles. The van der Waals surface area contributed by atoms with Crippen molar-refractivity contribution in [1.29, 1.82) is 0 Å². The molecule has 0 radical (unpaired) electrons. The standard InChI is InChI=1S/C14H21N3O3/c1-3-20-14(19)11-17(9-8-15-12(2)18)10-13-6-4-5-7-16-13/h4-7H,3,8-11H2,1-2H3,(H,15,18). The lowest BCUT2D eigenvalue weighted by atomic mass is 10.3. The Labute approximate surface area is 119 Å². The number of hydrogen-bond donors (Lipinski definition) is 1. The van der Waals surface area contributed by atoms with Gasteiger partial charge in [-0.3, -0.25) is 19.5 Å². The van der Waals surface area contributed by atoms with Gasteiger partial charge in [0.15, 0.2) is 0 Å². The van der Waals surface area contributed by atoms with E-state index < -0.39 is 0 Å². The summed E-state index contributed by atoms with van der Waals surface area (Å²) >= 11 is 0. The minimum absolute atomic E-state index is 0.0843. The molecule has 0 fully saturated rings. The first kappa shape index (κ1) is 16.1. The van der Waals surface area contributed by atoms with Crippen LogP contribution in [0.5, 0.6) is 0 Å². The van der Waals surface area contributed by atoms with Crippen LogP contribution in [0.4, 0.5) is 0 Å². The lowest BCUT2D eigenvalue weighted by molar-refractivity contribution is -0.144. The van der Waals surface area contributed by atoms with Gasteiger partial charge >= 0.3 is 5.97 Å². The van der Waals surface area contributed by atoms with Crippen molar-refractivity contribution in [3.05, 3.63) is 30.1 Å². The Kier molecular flexibility index (Phi) is 7.27. The summed E-state index contributed by atoms with van der Waals surface area (Å²) in [5.41, 5.74) is 0.875. The molecule has 1 amide bonds. The maximum absolute atomic E-state index is 11.6. The van der Waals surface area contributed by atoms with Crippen LogP contribution in [-0.4, -0.2) is 48.0 Å². The summed E-state index contributed by atoms with van der Waals surface area (Å²) in [6, 6.07) is 5.64. The summed E-state index contributed by atoms with van der Waals surface area (Å²) in [7, 11) is 0. The summed E-state index contributed by atoms with van der Waals surface area (Å²) in [5.74, 6) is -0.356. The first-order valence-electron chi connectivity index (χ1n) is 6.64. The molecule has 0 aliphatic heterocycles. The molecule has 0 saturated carbocycles. The Morgan fingerprint density at radius 1 is 1.40 bits per heavy atom. The van der Waals surface area contributed by atoms with Gasteiger partial charge in [0, 0.05) is 32.8 Å². The topological polar surface area (TPSA) is 71.5 Å². The van der Waals surface area contributed by atoms with Crippen molar-refractivity contribution in [3.8, 4) is 0 Å². The van der Waals surface area contributed by atoms with Crippen molar-refractivity contribution in [3.63, 3.8) is 0 Å². The highest BCUT2D eigenvalue weighted by molar-refractivity contribution is 5.73. The third kappa shape index (κ3) is 6.84. The van der Waals surface area contributed by atoms with Gasteiger partial charge in [-0.05, 0) is 19.1 Å². The minimum Gasteiger partial charge on any atom is -0.465 e. The van der Waals surface area contributed by atoms with E-state index in [-0.39, 0.29) is 18.4 Å². The predicted octanol–water partition coefficient (Wildman–Crippen LogP) is 0.583. The van der Waals surface area contributed by atoms with Gasteiger partial charge in [-0.15, -0.1) is 0 Å². The lowest BCUT2D eigenvalue weighted by Crippen LogP contribution is -2.37. The van der Waals surface area contributed by atoms with E-state index in [0.29, 0.717) is 26.2 Å². The van der Waals surface area contributed by atoms with Crippen LogP contribution in [0.25, 0.3) is 0 Å². The quantitative estimate of drug-likeness (QED) is 0.705. The van der Waals surface area contributed by atoms with Crippen LogP contribution in [0.3, 0.4) is 0 Å². The molecular formula is C14H21N3O3. The Bertz CT molecular complexity index is 423. The largest absolute Gasteiger partial charge is 0.465 e. The van der Waals surface area contributed by atoms with Crippen LogP contribution in [0.15, 0.2) is 24.4 Å². The monoisotopic (exact) mass is 279 g/mol. The molecule has 0 atom stereocenters. The molecule has 1 rings (SSSR count). The number of aromatic nitrogens is 1. The average molecular weight is 279 g/mol. The highest BCUT2D eigenvalue weighted by Gasteiger charge is 2.12. The van der Waals surface area contributed by atoms with Crippen LogP contribution in [0, 0.1) is 0 Å². The predicted molar refractivity (Wildman–Crippen MR) is 74.8 cm³/mol. The molecule has 110 valence electrons. The number of rotatable bonds is 8. The fourth-order valence-corrected chi connectivity index (χ4v) is 1.71. The SMILES string of the molecule is CCOC(=O)CN(CCNC(C)=O)Cc1ccccn1. The lowest BCUT2D eigenvalue weighted by Gasteiger charge is -2.20. The van der Waals surface area contributed by atoms with Crippen LogP contribution in [-0.2, 0) is 20.9 Å². The number of amides is 1. The number of nitrogens with zero attached hydrogens (tertiary/aromatic N) is 2. The number of nitrogens with one attached hydrogen (secondary N) is 1. The van der Waals surface area contributed by atoms with Crippen molar-refractivity contribution in [2.75, 3.05) is 26.2 Å². The summed E-state index contributed by atoms with van der Waals surface area (Å²) in [6.07, 6.45) is 1.71. The van der Waals surface area contributed by atoms with E-state index in [1.807, 2.05) is 23.1 Å². The Morgan fingerprint density at radius 2 is 2.20 bits per heavy atom. The van der Waals surface area contributed by atoms with Crippen molar-refractivity contribution >= 4 is 11.9 Å². The zero-order valence-electron chi connectivity index (χ0n) is 12.0. The molecule has 1 aromatic heterocycles. The number of carbonyl (C=O) groups excluding carboxylic acids is 2. The maximum Gasteiger partial charge on any atom is 0.320 e. The molecule has 0 aliphatic rings. The first-order valence-corrected chi connectivity index (χ1v) is 6.64. The number of carbonyl (C=O) groups is 2. The molecule has 0 bridgehead atoms. The first-order chi connectivity index (χ1) is 9.61. The van der Waals surface area contributed by atoms with Crippen LogP contribution < -0.4 is 5.32 Å². The Hall–Kier alpha value is -1.95. The molecule has 0 aliphatic carbocycles. The molecule has 6 heteroatoms. The summed E-state index contributed by atoms with van der Waals surface area (Å²) < 4.78 is 4.95. The Balaban J connectivity index is 2.53. The normalized spacial score (nSPS) is 10.3. The number of hydrogen-bond acceptors (Lipinski definition) is 5. The second kappa shape index (κ2) is 9.03. The second-order valence-electron chi connectivity index (χ2n) is 4.32. The molecule has 20 heavy (non-hydrogen) atoms. The molecule has 0 aromatic carbocycles. The van der Waals surface area contributed by atoms with E-state index >= 15 is 0 Å². The van der Waals surface area contributed by atoms with Gasteiger partial charge in [0.1, 0.15) is 0 Å². The molecule has 1 N–H and O–H groups in total. The van der Waals surface area contributed by atoms with Crippen molar-refractivity contribution < 1.29 is 14.3 Å².